The minimum Gasteiger partial charge on any atom is -0.477 e. The molecule has 0 spiro atoms. The molecule has 0 saturated carbocycles. The summed E-state index contributed by atoms with van der Waals surface area (Å²) >= 11 is 0. The molecule has 0 aliphatic rings. The van der Waals surface area contributed by atoms with E-state index in [2.05, 4.69) is 39.7 Å². The average Bonchev–Trinajstić information content (AvgIpc) is 3.34. The highest BCUT2D eigenvalue weighted by molar-refractivity contribution is 6.05. The lowest BCUT2D eigenvalue weighted by Crippen LogP contribution is -2.04. The summed E-state index contributed by atoms with van der Waals surface area (Å²) in [4.78, 5) is 15.4. The number of rotatable bonds is 4. The van der Waals surface area contributed by atoms with Crippen LogP contribution in [-0.4, -0.2) is 30.8 Å². The van der Waals surface area contributed by atoms with Gasteiger partial charge in [0, 0.05) is 39.5 Å². The Morgan fingerprint density at radius 1 is 1.10 bits per heavy atom. The van der Waals surface area contributed by atoms with Crippen molar-refractivity contribution in [2.24, 2.45) is 0 Å². The standard InChI is InChI=1S/C24H19FN4O2/c1-13(2)23-22(14-3-8-19(24(30)31)26-11-14)18-10-20-15(12-27-28-20)9-21(18)29(23)17-6-4-16(25)5-7-17/h3-13H,1-2H3,(H,27,28)(H,30,31). The lowest BCUT2D eigenvalue weighted by molar-refractivity contribution is 0.0690. The molecular weight excluding hydrogens is 395 g/mol. The van der Waals surface area contributed by atoms with Gasteiger partial charge in [-0.1, -0.05) is 19.9 Å². The number of aromatic nitrogens is 4. The van der Waals surface area contributed by atoms with E-state index in [9.17, 15) is 14.3 Å². The van der Waals surface area contributed by atoms with Gasteiger partial charge in [-0.25, -0.2) is 14.2 Å². The number of hydrogen-bond donors (Lipinski definition) is 2. The summed E-state index contributed by atoms with van der Waals surface area (Å²) in [5, 5.41) is 18.3. The van der Waals surface area contributed by atoms with Crippen molar-refractivity contribution in [3.8, 4) is 16.8 Å². The minimum atomic E-state index is -1.07. The van der Waals surface area contributed by atoms with Gasteiger partial charge in [0.1, 0.15) is 11.5 Å². The molecule has 5 aromatic rings. The Kier molecular flexibility index (Phi) is 4.32. The molecule has 2 aromatic carbocycles. The highest BCUT2D eigenvalue weighted by Gasteiger charge is 2.23. The van der Waals surface area contributed by atoms with Crippen molar-refractivity contribution in [1.29, 1.82) is 0 Å². The number of nitrogens with zero attached hydrogens (tertiary/aromatic N) is 3. The quantitative estimate of drug-likeness (QED) is 0.405. The van der Waals surface area contributed by atoms with Gasteiger partial charge < -0.3 is 9.67 Å². The predicted octanol–water partition coefficient (Wildman–Crippen LogP) is 5.53. The monoisotopic (exact) mass is 414 g/mol. The number of carboxylic acid groups (broad SMARTS) is 1. The van der Waals surface area contributed by atoms with Gasteiger partial charge in [0.15, 0.2) is 0 Å². The number of nitrogens with one attached hydrogen (secondary N) is 1. The Balaban J connectivity index is 1.90. The van der Waals surface area contributed by atoms with Crippen molar-refractivity contribution in [1.82, 2.24) is 19.7 Å². The average molecular weight is 414 g/mol. The van der Waals surface area contributed by atoms with E-state index >= 15 is 0 Å². The van der Waals surface area contributed by atoms with E-state index in [1.165, 1.54) is 18.2 Å². The predicted molar refractivity (Wildman–Crippen MR) is 117 cm³/mol. The first-order valence-corrected chi connectivity index (χ1v) is 9.91. The highest BCUT2D eigenvalue weighted by Crippen LogP contribution is 2.41. The summed E-state index contributed by atoms with van der Waals surface area (Å²) in [6, 6.07) is 13.8. The molecule has 0 aliphatic heterocycles. The molecule has 0 aliphatic carbocycles. The first-order chi connectivity index (χ1) is 14.9. The van der Waals surface area contributed by atoms with Crippen LogP contribution in [0.1, 0.15) is 35.9 Å². The molecule has 0 fully saturated rings. The Hall–Kier alpha value is -4.00. The zero-order valence-corrected chi connectivity index (χ0v) is 16.9. The second-order valence-electron chi connectivity index (χ2n) is 7.79. The van der Waals surface area contributed by atoms with Crippen molar-refractivity contribution in [3.05, 3.63) is 78.1 Å². The minimum absolute atomic E-state index is 0.00641. The van der Waals surface area contributed by atoms with Crippen LogP contribution in [0, 0.1) is 5.82 Å². The van der Waals surface area contributed by atoms with Gasteiger partial charge in [0.05, 0.1) is 17.2 Å². The topological polar surface area (TPSA) is 83.8 Å². The third kappa shape index (κ3) is 3.06. The van der Waals surface area contributed by atoms with Crippen LogP contribution in [0.5, 0.6) is 0 Å². The van der Waals surface area contributed by atoms with E-state index in [-0.39, 0.29) is 17.4 Å². The van der Waals surface area contributed by atoms with E-state index in [0.29, 0.717) is 0 Å². The first kappa shape index (κ1) is 19.0. The summed E-state index contributed by atoms with van der Waals surface area (Å²) in [5.41, 5.74) is 5.52. The fraction of sp³-hybridized carbons (Fsp3) is 0.125. The molecule has 7 heteroatoms. The number of benzene rings is 2. The number of hydrogen-bond acceptors (Lipinski definition) is 3. The van der Waals surface area contributed by atoms with Gasteiger partial charge in [-0.2, -0.15) is 5.10 Å². The van der Waals surface area contributed by atoms with Gasteiger partial charge in [-0.3, -0.25) is 5.10 Å². The maximum Gasteiger partial charge on any atom is 0.354 e. The summed E-state index contributed by atoms with van der Waals surface area (Å²) in [6.07, 6.45) is 3.37. The van der Waals surface area contributed by atoms with Crippen molar-refractivity contribution < 1.29 is 14.3 Å². The molecule has 2 N–H and O–H groups in total. The normalized spacial score (nSPS) is 11.6. The van der Waals surface area contributed by atoms with Crippen LogP contribution < -0.4 is 0 Å². The van der Waals surface area contributed by atoms with Crippen molar-refractivity contribution >= 4 is 27.8 Å². The van der Waals surface area contributed by atoms with Crippen molar-refractivity contribution in [2.75, 3.05) is 0 Å². The Labute approximate surface area is 177 Å². The molecule has 6 nitrogen and oxygen atoms in total. The van der Waals surface area contributed by atoms with E-state index < -0.39 is 5.97 Å². The van der Waals surface area contributed by atoms with E-state index in [4.69, 9.17) is 0 Å². The molecule has 31 heavy (non-hydrogen) atoms. The molecule has 5 rings (SSSR count). The Morgan fingerprint density at radius 3 is 2.52 bits per heavy atom. The van der Waals surface area contributed by atoms with Crippen LogP contribution in [0.4, 0.5) is 4.39 Å². The molecular formula is C24H19FN4O2. The first-order valence-electron chi connectivity index (χ1n) is 9.91. The highest BCUT2D eigenvalue weighted by atomic mass is 19.1. The molecule has 0 saturated heterocycles. The molecule has 0 radical (unpaired) electrons. The van der Waals surface area contributed by atoms with Gasteiger partial charge in [-0.15, -0.1) is 0 Å². The SMILES string of the molecule is CC(C)c1c(-c2ccc(C(=O)O)nc2)c2cc3[nH]ncc3cc2n1-c1ccc(F)cc1. The fourth-order valence-electron chi connectivity index (χ4n) is 4.13. The summed E-state index contributed by atoms with van der Waals surface area (Å²) in [5.74, 6) is -1.23. The smallest absolute Gasteiger partial charge is 0.354 e. The van der Waals surface area contributed by atoms with Crippen LogP contribution in [-0.2, 0) is 0 Å². The largest absolute Gasteiger partial charge is 0.477 e. The number of halogens is 1. The molecule has 0 bridgehead atoms. The van der Waals surface area contributed by atoms with Crippen LogP contribution >= 0.6 is 0 Å². The zero-order valence-electron chi connectivity index (χ0n) is 16.9. The molecule has 3 aromatic heterocycles. The van der Waals surface area contributed by atoms with Gasteiger partial charge in [0.25, 0.3) is 0 Å². The number of aromatic carboxylic acids is 1. The van der Waals surface area contributed by atoms with E-state index in [1.54, 1.807) is 30.6 Å². The van der Waals surface area contributed by atoms with Crippen molar-refractivity contribution in [2.45, 2.75) is 19.8 Å². The number of fused-ring (bicyclic) bond motifs is 2. The summed E-state index contributed by atoms with van der Waals surface area (Å²) in [7, 11) is 0. The van der Waals surface area contributed by atoms with Gasteiger partial charge in [0.2, 0.25) is 0 Å². The molecule has 0 atom stereocenters. The maximum atomic E-state index is 13.6. The van der Waals surface area contributed by atoms with Gasteiger partial charge >= 0.3 is 5.97 Å². The number of carboxylic acids is 1. The van der Waals surface area contributed by atoms with Crippen molar-refractivity contribution in [3.63, 3.8) is 0 Å². The Bertz CT molecular complexity index is 1430. The van der Waals surface area contributed by atoms with Crippen LogP contribution in [0.3, 0.4) is 0 Å². The lowest BCUT2D eigenvalue weighted by atomic mass is 9.97. The van der Waals surface area contributed by atoms with E-state index in [1.807, 2.05) is 6.07 Å². The van der Waals surface area contributed by atoms with Crippen LogP contribution in [0.25, 0.3) is 38.6 Å². The molecule has 3 heterocycles. The van der Waals surface area contributed by atoms with Crippen LogP contribution in [0.15, 0.2) is 60.9 Å². The number of H-pyrrole nitrogens is 1. The molecule has 154 valence electrons. The fourth-order valence-corrected chi connectivity index (χ4v) is 4.13. The number of carbonyl (C=O) groups is 1. The number of aromatic amines is 1. The Morgan fingerprint density at radius 2 is 1.87 bits per heavy atom. The van der Waals surface area contributed by atoms with Crippen LogP contribution in [0.2, 0.25) is 0 Å². The third-order valence-corrected chi connectivity index (χ3v) is 5.47. The second kappa shape index (κ2) is 7.05. The number of pyridine rings is 1. The second-order valence-corrected chi connectivity index (χ2v) is 7.79. The molecule has 0 unspecified atom stereocenters. The van der Waals surface area contributed by atoms with E-state index in [0.717, 1.165) is 44.3 Å². The third-order valence-electron chi connectivity index (χ3n) is 5.47. The lowest BCUT2D eigenvalue weighted by Gasteiger charge is -2.16. The summed E-state index contributed by atoms with van der Waals surface area (Å²) in [6.45, 7) is 4.20. The van der Waals surface area contributed by atoms with Gasteiger partial charge in [-0.05, 0) is 48.4 Å². The molecule has 0 amide bonds. The maximum absolute atomic E-state index is 13.6. The zero-order chi connectivity index (χ0) is 21.7. The summed E-state index contributed by atoms with van der Waals surface area (Å²) < 4.78 is 15.8.